The smallest absolute Gasteiger partial charge is 0.318 e. The van der Waals surface area contributed by atoms with E-state index < -0.39 is 24.0 Å². The van der Waals surface area contributed by atoms with Crippen LogP contribution in [0.15, 0.2) is 36.5 Å². The summed E-state index contributed by atoms with van der Waals surface area (Å²) >= 11 is 1.60. The number of nitrogens with zero attached hydrogens (tertiary/aromatic N) is 2. The van der Waals surface area contributed by atoms with Gasteiger partial charge in [-0.3, -0.25) is 14.5 Å². The number of primary amides is 1. The van der Waals surface area contributed by atoms with Gasteiger partial charge in [-0.15, -0.1) is 11.8 Å². The van der Waals surface area contributed by atoms with Gasteiger partial charge in [0, 0.05) is 24.7 Å². The van der Waals surface area contributed by atoms with Crippen LogP contribution in [0.25, 0.3) is 0 Å². The number of amides is 4. The third kappa shape index (κ3) is 3.20. The topological polar surface area (TPSA) is 122 Å². The Kier molecular flexibility index (Phi) is 4.69. The zero-order valence-electron chi connectivity index (χ0n) is 13.6. The molecule has 25 heavy (non-hydrogen) atoms. The van der Waals surface area contributed by atoms with Crippen LogP contribution >= 0.6 is 11.8 Å². The summed E-state index contributed by atoms with van der Waals surface area (Å²) in [6.45, 7) is 0. The second kappa shape index (κ2) is 6.77. The molecule has 3 atom stereocenters. The average molecular weight is 361 g/mol. The number of benzene rings is 1. The van der Waals surface area contributed by atoms with E-state index in [2.05, 4.69) is 5.32 Å². The molecule has 1 aromatic carbocycles. The number of thioether (sulfide) groups is 1. The highest BCUT2D eigenvalue weighted by molar-refractivity contribution is 8.00. The van der Waals surface area contributed by atoms with E-state index >= 15 is 0 Å². The first-order valence-electron chi connectivity index (χ1n) is 7.69. The molecule has 132 valence electrons. The van der Waals surface area contributed by atoms with E-state index in [9.17, 15) is 14.4 Å². The molecule has 0 aliphatic carbocycles. The summed E-state index contributed by atoms with van der Waals surface area (Å²) < 4.78 is 0. The van der Waals surface area contributed by atoms with Crippen molar-refractivity contribution in [2.75, 3.05) is 17.7 Å². The summed E-state index contributed by atoms with van der Waals surface area (Å²) in [5.41, 5.74) is 12.4. The predicted octanol–water partition coefficient (Wildman–Crippen LogP) is 0.115. The molecule has 0 spiro atoms. The molecule has 0 saturated carbocycles. The Hall–Kier alpha value is -2.52. The molecule has 9 heteroatoms. The van der Waals surface area contributed by atoms with Gasteiger partial charge in [0.05, 0.1) is 0 Å². The second-order valence-electron chi connectivity index (χ2n) is 5.81. The Morgan fingerprint density at radius 2 is 2.04 bits per heavy atom. The van der Waals surface area contributed by atoms with Crippen molar-refractivity contribution in [2.24, 2.45) is 11.5 Å². The van der Waals surface area contributed by atoms with Gasteiger partial charge in [0.1, 0.15) is 17.5 Å². The number of hydrogen-bond acceptors (Lipinski definition) is 5. The molecule has 8 nitrogen and oxygen atoms in total. The number of anilines is 1. The predicted molar refractivity (Wildman–Crippen MR) is 95.5 cm³/mol. The Labute approximate surface area is 149 Å². The van der Waals surface area contributed by atoms with Crippen LogP contribution in [0.2, 0.25) is 0 Å². The SMILES string of the molecule is CN(C(N)=O)c1ccc(C(N)C(=O)NC2C(=O)N3C=CCS[C@H]23)cc1. The van der Waals surface area contributed by atoms with Crippen molar-refractivity contribution in [2.45, 2.75) is 17.5 Å². The number of hydrogen-bond donors (Lipinski definition) is 3. The lowest BCUT2D eigenvalue weighted by Gasteiger charge is -2.46. The number of rotatable bonds is 4. The fourth-order valence-corrected chi connectivity index (χ4v) is 3.80. The lowest BCUT2D eigenvalue weighted by atomic mass is 10.0. The van der Waals surface area contributed by atoms with Crippen LogP contribution in [0.5, 0.6) is 0 Å². The minimum Gasteiger partial charge on any atom is -0.351 e. The maximum atomic E-state index is 12.4. The van der Waals surface area contributed by atoms with E-state index in [-0.39, 0.29) is 11.3 Å². The van der Waals surface area contributed by atoms with Gasteiger partial charge in [0.2, 0.25) is 5.91 Å². The van der Waals surface area contributed by atoms with Crippen LogP contribution in [0, 0.1) is 0 Å². The molecule has 2 aliphatic rings. The maximum absolute atomic E-state index is 12.4. The molecule has 3 rings (SSSR count). The Bertz CT molecular complexity index is 736. The minimum absolute atomic E-state index is 0.0692. The maximum Gasteiger partial charge on any atom is 0.318 e. The lowest BCUT2D eigenvalue weighted by Crippen LogP contribution is -2.68. The first-order chi connectivity index (χ1) is 11.9. The van der Waals surface area contributed by atoms with Crippen LogP contribution in [0.4, 0.5) is 10.5 Å². The molecule has 5 N–H and O–H groups in total. The highest BCUT2D eigenvalue weighted by Crippen LogP contribution is 2.33. The van der Waals surface area contributed by atoms with Crippen LogP contribution < -0.4 is 21.7 Å². The van der Waals surface area contributed by atoms with Crippen LogP contribution in [0.1, 0.15) is 11.6 Å². The quantitative estimate of drug-likeness (QED) is 0.657. The molecular formula is C16H19N5O3S. The van der Waals surface area contributed by atoms with Crippen molar-refractivity contribution in [3.05, 3.63) is 42.1 Å². The van der Waals surface area contributed by atoms with Crippen molar-refractivity contribution in [3.63, 3.8) is 0 Å². The Morgan fingerprint density at radius 3 is 2.68 bits per heavy atom. The number of nitrogens with two attached hydrogens (primary N) is 2. The van der Waals surface area contributed by atoms with E-state index in [1.54, 1.807) is 54.2 Å². The zero-order valence-corrected chi connectivity index (χ0v) is 14.4. The number of β-lactam (4-membered cyclic amide) rings is 1. The first kappa shape index (κ1) is 17.3. The standard InChI is InChI=1S/C16H19N5O3S/c1-20(16(18)24)10-5-3-9(4-6-10)11(17)13(22)19-12-14(23)21-7-2-8-25-15(12)21/h2-7,11-12,15H,8,17H2,1H3,(H2,18,24)(H,19,22)/t11?,12?,15-/m1/s1. The molecule has 1 saturated heterocycles. The van der Waals surface area contributed by atoms with E-state index in [0.29, 0.717) is 11.3 Å². The molecule has 0 bridgehead atoms. The van der Waals surface area contributed by atoms with Gasteiger partial charge in [-0.05, 0) is 17.7 Å². The molecule has 4 amide bonds. The summed E-state index contributed by atoms with van der Waals surface area (Å²) in [6.07, 6.45) is 3.66. The van der Waals surface area contributed by atoms with E-state index in [0.717, 1.165) is 5.75 Å². The molecule has 2 aliphatic heterocycles. The Balaban J connectivity index is 1.64. The minimum atomic E-state index is -0.904. The summed E-state index contributed by atoms with van der Waals surface area (Å²) in [6, 6.07) is 4.60. The third-order valence-electron chi connectivity index (χ3n) is 4.26. The molecule has 1 fully saturated rings. The number of urea groups is 1. The number of fused-ring (bicyclic) bond motifs is 1. The fourth-order valence-electron chi connectivity index (χ4n) is 2.69. The van der Waals surface area contributed by atoms with Crippen LogP contribution in [-0.4, -0.2) is 47.0 Å². The first-order valence-corrected chi connectivity index (χ1v) is 8.74. The van der Waals surface area contributed by atoms with Gasteiger partial charge in [0.25, 0.3) is 5.91 Å². The molecule has 0 radical (unpaired) electrons. The van der Waals surface area contributed by atoms with Gasteiger partial charge in [-0.25, -0.2) is 4.79 Å². The zero-order chi connectivity index (χ0) is 18.1. The summed E-state index contributed by atoms with van der Waals surface area (Å²) in [4.78, 5) is 38.4. The third-order valence-corrected chi connectivity index (χ3v) is 5.49. The fraction of sp³-hybridized carbons (Fsp3) is 0.312. The van der Waals surface area contributed by atoms with Gasteiger partial charge in [-0.2, -0.15) is 0 Å². The van der Waals surface area contributed by atoms with Gasteiger partial charge >= 0.3 is 6.03 Å². The number of carbonyl (C=O) groups excluding carboxylic acids is 3. The van der Waals surface area contributed by atoms with Crippen molar-refractivity contribution in [1.29, 1.82) is 0 Å². The largest absolute Gasteiger partial charge is 0.351 e. The molecular weight excluding hydrogens is 342 g/mol. The van der Waals surface area contributed by atoms with Crippen molar-refractivity contribution in [3.8, 4) is 0 Å². The van der Waals surface area contributed by atoms with E-state index in [4.69, 9.17) is 11.5 Å². The lowest BCUT2D eigenvalue weighted by molar-refractivity contribution is -0.145. The monoisotopic (exact) mass is 361 g/mol. The summed E-state index contributed by atoms with van der Waals surface area (Å²) in [5.74, 6) is 0.262. The summed E-state index contributed by atoms with van der Waals surface area (Å²) in [7, 11) is 1.55. The number of carbonyl (C=O) groups is 3. The van der Waals surface area contributed by atoms with E-state index in [1.165, 1.54) is 4.90 Å². The second-order valence-corrected chi connectivity index (χ2v) is 6.96. The van der Waals surface area contributed by atoms with Crippen LogP contribution in [-0.2, 0) is 9.59 Å². The van der Waals surface area contributed by atoms with Crippen molar-refractivity contribution >= 4 is 35.3 Å². The van der Waals surface area contributed by atoms with Gasteiger partial charge < -0.3 is 21.7 Å². The summed E-state index contributed by atoms with van der Waals surface area (Å²) in [5, 5.41) is 2.66. The van der Waals surface area contributed by atoms with Crippen LogP contribution in [0.3, 0.4) is 0 Å². The molecule has 0 aromatic heterocycles. The van der Waals surface area contributed by atoms with Gasteiger partial charge in [0.15, 0.2) is 0 Å². The molecule has 2 heterocycles. The van der Waals surface area contributed by atoms with Crippen molar-refractivity contribution in [1.82, 2.24) is 10.2 Å². The van der Waals surface area contributed by atoms with E-state index in [1.807, 2.05) is 6.08 Å². The Morgan fingerprint density at radius 1 is 1.36 bits per heavy atom. The van der Waals surface area contributed by atoms with Crippen molar-refractivity contribution < 1.29 is 14.4 Å². The molecule has 2 unspecified atom stereocenters. The number of nitrogens with one attached hydrogen (secondary N) is 1. The average Bonchev–Trinajstić information content (AvgIpc) is 2.64. The normalized spacial score (nSPS) is 22.6. The highest BCUT2D eigenvalue weighted by atomic mass is 32.2. The van der Waals surface area contributed by atoms with Gasteiger partial charge in [-0.1, -0.05) is 18.2 Å². The molecule has 1 aromatic rings. The highest BCUT2D eigenvalue weighted by Gasteiger charge is 2.48.